The van der Waals surface area contributed by atoms with Gasteiger partial charge in [0.1, 0.15) is 5.76 Å². The molecule has 0 fully saturated rings. The zero-order valence-corrected chi connectivity index (χ0v) is 14.0. The van der Waals surface area contributed by atoms with Crippen LogP contribution in [0, 0.1) is 0 Å². The summed E-state index contributed by atoms with van der Waals surface area (Å²) in [6.07, 6.45) is 1.59. The van der Waals surface area contributed by atoms with Gasteiger partial charge in [0.25, 0.3) is 0 Å². The zero-order valence-electron chi connectivity index (χ0n) is 12.4. The summed E-state index contributed by atoms with van der Waals surface area (Å²) in [6.45, 7) is 0.433. The third-order valence-electron chi connectivity index (χ3n) is 3.13. The Balaban J connectivity index is 1.59. The van der Waals surface area contributed by atoms with E-state index in [1.165, 1.54) is 27.8 Å². The van der Waals surface area contributed by atoms with Crippen molar-refractivity contribution >= 4 is 29.0 Å². The first-order valence-electron chi connectivity index (χ1n) is 6.78. The van der Waals surface area contributed by atoms with E-state index in [0.29, 0.717) is 17.5 Å². The molecule has 0 aliphatic rings. The highest BCUT2D eigenvalue weighted by Crippen LogP contribution is 2.25. The van der Waals surface area contributed by atoms with E-state index in [1.807, 2.05) is 23.6 Å². The Bertz CT molecular complexity index is 767. The Hall–Kier alpha value is -2.26. The van der Waals surface area contributed by atoms with Crippen LogP contribution >= 0.6 is 23.1 Å². The molecule has 3 rings (SSSR count). The van der Waals surface area contributed by atoms with Gasteiger partial charge in [-0.15, -0.1) is 21.5 Å². The van der Waals surface area contributed by atoms with Crippen LogP contribution in [0.5, 0.6) is 0 Å². The minimum atomic E-state index is -0.0351. The number of hydrogen-bond donors (Lipinski definition) is 1. The number of carbonyl (C=O) groups excluding carboxylic acids is 1. The topological polar surface area (TPSA) is 90.2 Å². The van der Waals surface area contributed by atoms with Crippen molar-refractivity contribution in [2.75, 3.05) is 18.6 Å². The minimum absolute atomic E-state index is 0.0351. The number of aromatic nitrogens is 3. The Morgan fingerprint density at radius 3 is 3.00 bits per heavy atom. The van der Waals surface area contributed by atoms with E-state index in [9.17, 15) is 4.79 Å². The monoisotopic (exact) mass is 349 g/mol. The Labute approximate surface area is 141 Å². The van der Waals surface area contributed by atoms with Gasteiger partial charge in [-0.05, 0) is 23.6 Å². The lowest BCUT2D eigenvalue weighted by atomic mass is 10.4. The van der Waals surface area contributed by atoms with Crippen LogP contribution in [0.3, 0.4) is 0 Å². The van der Waals surface area contributed by atoms with Gasteiger partial charge in [0.2, 0.25) is 11.1 Å². The van der Waals surface area contributed by atoms with E-state index in [4.69, 9.17) is 10.3 Å². The zero-order chi connectivity index (χ0) is 16.2. The van der Waals surface area contributed by atoms with Gasteiger partial charge in [-0.2, -0.15) is 0 Å². The lowest BCUT2D eigenvalue weighted by Gasteiger charge is -2.15. The molecule has 3 aromatic heterocycles. The molecule has 0 spiro atoms. The van der Waals surface area contributed by atoms with Crippen LogP contribution in [0.2, 0.25) is 0 Å². The second-order valence-electron chi connectivity index (χ2n) is 4.77. The number of amides is 1. The van der Waals surface area contributed by atoms with Gasteiger partial charge < -0.3 is 15.2 Å². The standard InChI is InChI=1S/C14H15N5O2S2/c1-18(8-10-4-2-6-21-10)12(20)9-23-14-17-16-13(19(14)15)11-5-3-7-22-11/h2-7H,8-9,15H2,1H3. The summed E-state index contributed by atoms with van der Waals surface area (Å²) >= 11 is 2.80. The summed E-state index contributed by atoms with van der Waals surface area (Å²) in [6, 6.07) is 7.48. The second-order valence-corrected chi connectivity index (χ2v) is 6.66. The number of hydrogen-bond acceptors (Lipinski definition) is 7. The molecule has 9 heteroatoms. The Kier molecular flexibility index (Phi) is 4.68. The molecular weight excluding hydrogens is 334 g/mol. The molecule has 0 aromatic carbocycles. The summed E-state index contributed by atoms with van der Waals surface area (Å²) in [5.41, 5.74) is 0. The van der Waals surface area contributed by atoms with Crippen molar-refractivity contribution in [1.82, 2.24) is 19.8 Å². The number of thioether (sulfide) groups is 1. The maximum Gasteiger partial charge on any atom is 0.233 e. The summed E-state index contributed by atoms with van der Waals surface area (Å²) in [7, 11) is 1.73. The van der Waals surface area contributed by atoms with E-state index in [-0.39, 0.29) is 11.7 Å². The molecule has 0 atom stereocenters. The number of nitrogen functional groups attached to an aromatic ring is 1. The smallest absolute Gasteiger partial charge is 0.233 e. The SMILES string of the molecule is CN(Cc1ccco1)C(=O)CSc1nnc(-c2cccs2)n1N. The fourth-order valence-corrected chi connectivity index (χ4v) is 3.41. The minimum Gasteiger partial charge on any atom is -0.467 e. The quantitative estimate of drug-likeness (QED) is 0.541. The van der Waals surface area contributed by atoms with Crippen molar-refractivity contribution in [3.63, 3.8) is 0 Å². The highest BCUT2D eigenvalue weighted by atomic mass is 32.2. The van der Waals surface area contributed by atoms with Gasteiger partial charge in [0.15, 0.2) is 5.82 Å². The van der Waals surface area contributed by atoms with Crippen LogP contribution in [0.4, 0.5) is 0 Å². The molecule has 120 valence electrons. The van der Waals surface area contributed by atoms with Gasteiger partial charge >= 0.3 is 0 Å². The molecule has 3 heterocycles. The molecule has 0 aliphatic heterocycles. The fourth-order valence-electron chi connectivity index (χ4n) is 1.91. The number of nitrogens with two attached hydrogens (primary N) is 1. The van der Waals surface area contributed by atoms with E-state index >= 15 is 0 Å². The van der Waals surface area contributed by atoms with Crippen LogP contribution in [0.25, 0.3) is 10.7 Å². The summed E-state index contributed by atoms with van der Waals surface area (Å²) in [4.78, 5) is 14.7. The number of nitrogens with zero attached hydrogens (tertiary/aromatic N) is 4. The van der Waals surface area contributed by atoms with Gasteiger partial charge in [0, 0.05) is 7.05 Å². The van der Waals surface area contributed by atoms with Gasteiger partial charge in [0.05, 0.1) is 23.4 Å². The van der Waals surface area contributed by atoms with Crippen LogP contribution in [0.15, 0.2) is 45.5 Å². The van der Waals surface area contributed by atoms with Crippen LogP contribution in [-0.4, -0.2) is 38.5 Å². The third-order valence-corrected chi connectivity index (χ3v) is 4.92. The van der Waals surface area contributed by atoms with Crippen LogP contribution < -0.4 is 5.84 Å². The third kappa shape index (κ3) is 3.57. The van der Waals surface area contributed by atoms with Gasteiger partial charge in [-0.1, -0.05) is 17.8 Å². The molecule has 0 aliphatic carbocycles. The largest absolute Gasteiger partial charge is 0.467 e. The van der Waals surface area contributed by atoms with E-state index < -0.39 is 0 Å². The summed E-state index contributed by atoms with van der Waals surface area (Å²) in [5.74, 6) is 7.54. The average Bonchev–Trinajstić information content (AvgIpc) is 3.26. The Morgan fingerprint density at radius 2 is 2.30 bits per heavy atom. The normalized spacial score (nSPS) is 10.8. The van der Waals surface area contributed by atoms with Crippen LogP contribution in [0.1, 0.15) is 5.76 Å². The molecular formula is C14H15N5O2S2. The van der Waals surface area contributed by atoms with Crippen molar-refractivity contribution < 1.29 is 9.21 Å². The molecule has 0 bridgehead atoms. The molecule has 2 N–H and O–H groups in total. The van der Waals surface area contributed by atoms with E-state index in [1.54, 1.807) is 24.3 Å². The van der Waals surface area contributed by atoms with Gasteiger partial charge in [-0.3, -0.25) is 4.79 Å². The molecule has 3 aromatic rings. The van der Waals surface area contributed by atoms with Crippen LogP contribution in [-0.2, 0) is 11.3 Å². The van der Waals surface area contributed by atoms with E-state index in [2.05, 4.69) is 10.2 Å². The number of carbonyl (C=O) groups is 1. The van der Waals surface area contributed by atoms with Crippen molar-refractivity contribution in [3.05, 3.63) is 41.7 Å². The van der Waals surface area contributed by atoms with Crippen molar-refractivity contribution in [3.8, 4) is 10.7 Å². The number of thiophene rings is 1. The summed E-state index contributed by atoms with van der Waals surface area (Å²) in [5, 5.41) is 10.6. The van der Waals surface area contributed by atoms with Crippen molar-refractivity contribution in [1.29, 1.82) is 0 Å². The molecule has 23 heavy (non-hydrogen) atoms. The summed E-state index contributed by atoms with van der Waals surface area (Å²) < 4.78 is 6.65. The predicted octanol–water partition coefficient (Wildman–Crippen LogP) is 2.06. The lowest BCUT2D eigenvalue weighted by molar-refractivity contribution is -0.127. The first-order valence-corrected chi connectivity index (χ1v) is 8.65. The first-order chi connectivity index (χ1) is 11.1. The maximum absolute atomic E-state index is 12.2. The first kappa shape index (κ1) is 15.6. The predicted molar refractivity (Wildman–Crippen MR) is 89.4 cm³/mol. The lowest BCUT2D eigenvalue weighted by Crippen LogP contribution is -2.27. The van der Waals surface area contributed by atoms with Crippen molar-refractivity contribution in [2.45, 2.75) is 11.7 Å². The Morgan fingerprint density at radius 1 is 1.43 bits per heavy atom. The number of furan rings is 1. The molecule has 0 unspecified atom stereocenters. The van der Waals surface area contributed by atoms with Crippen molar-refractivity contribution in [2.24, 2.45) is 0 Å². The highest BCUT2D eigenvalue weighted by Gasteiger charge is 2.16. The average molecular weight is 349 g/mol. The second kappa shape index (κ2) is 6.88. The molecule has 1 amide bonds. The van der Waals surface area contributed by atoms with Gasteiger partial charge in [-0.25, -0.2) is 4.68 Å². The molecule has 0 radical (unpaired) electrons. The fraction of sp³-hybridized carbons (Fsp3) is 0.214. The maximum atomic E-state index is 12.2. The highest BCUT2D eigenvalue weighted by molar-refractivity contribution is 7.99. The van der Waals surface area contributed by atoms with E-state index in [0.717, 1.165) is 10.6 Å². The molecule has 0 saturated heterocycles. The molecule has 0 saturated carbocycles. The molecule has 7 nitrogen and oxygen atoms in total. The number of rotatable bonds is 6.